The minimum atomic E-state index is -4.16. The summed E-state index contributed by atoms with van der Waals surface area (Å²) in [6.07, 6.45) is -2.90. The van der Waals surface area contributed by atoms with Gasteiger partial charge in [-0.15, -0.1) is 0 Å². The van der Waals surface area contributed by atoms with Crippen LogP contribution in [0, 0.1) is 9.49 Å². The van der Waals surface area contributed by atoms with E-state index in [1.54, 1.807) is 18.2 Å². The lowest BCUT2D eigenvalue weighted by atomic mass is 9.85. The van der Waals surface area contributed by atoms with Crippen molar-refractivity contribution < 1.29 is 18.0 Å². The van der Waals surface area contributed by atoms with E-state index in [0.717, 1.165) is 3.57 Å². The van der Waals surface area contributed by atoms with Gasteiger partial charge >= 0.3 is 6.18 Å². The maximum absolute atomic E-state index is 12.7. The first-order valence-electron chi connectivity index (χ1n) is 6.50. The highest BCUT2D eigenvalue weighted by Crippen LogP contribution is 2.37. The van der Waals surface area contributed by atoms with Crippen LogP contribution >= 0.6 is 22.6 Å². The zero-order chi connectivity index (χ0) is 14.8. The number of carbonyl (C=O) groups excluding carboxylic acids is 1. The highest BCUT2D eigenvalue weighted by atomic mass is 127. The van der Waals surface area contributed by atoms with Gasteiger partial charge < -0.3 is 5.32 Å². The van der Waals surface area contributed by atoms with Gasteiger partial charge in [0.1, 0.15) is 0 Å². The van der Waals surface area contributed by atoms with Crippen LogP contribution in [0.5, 0.6) is 0 Å². The molecule has 0 heterocycles. The average molecular weight is 397 g/mol. The van der Waals surface area contributed by atoms with Crippen LogP contribution in [0.3, 0.4) is 0 Å². The second-order valence-corrected chi connectivity index (χ2v) is 6.22. The maximum Gasteiger partial charge on any atom is 0.391 e. The van der Waals surface area contributed by atoms with Crippen molar-refractivity contribution in [3.8, 4) is 0 Å². The van der Waals surface area contributed by atoms with Crippen LogP contribution in [-0.2, 0) is 0 Å². The Morgan fingerprint density at radius 3 is 2.60 bits per heavy atom. The standard InChI is InChI=1S/C14H15F3INO/c15-14(16,17)9-4-3-5-10(8-9)19-13(20)11-6-1-2-7-12(11)18/h1-2,6-7,9-10H,3-5,8H2,(H,19,20)/t9-,10+/m1/s1. The van der Waals surface area contributed by atoms with Crippen molar-refractivity contribution in [3.05, 3.63) is 33.4 Å². The summed E-state index contributed by atoms with van der Waals surface area (Å²) >= 11 is 2.05. The Hall–Kier alpha value is -0.790. The molecule has 2 nitrogen and oxygen atoms in total. The molecule has 1 aromatic carbocycles. The number of benzene rings is 1. The Bertz CT molecular complexity index is 490. The van der Waals surface area contributed by atoms with Crippen LogP contribution in [0.4, 0.5) is 13.2 Å². The molecule has 1 amide bonds. The van der Waals surface area contributed by atoms with Crippen molar-refractivity contribution in [3.63, 3.8) is 0 Å². The molecule has 1 N–H and O–H groups in total. The largest absolute Gasteiger partial charge is 0.391 e. The van der Waals surface area contributed by atoms with Crippen molar-refractivity contribution in [2.45, 2.75) is 37.9 Å². The Balaban J connectivity index is 2.00. The maximum atomic E-state index is 12.7. The van der Waals surface area contributed by atoms with E-state index in [9.17, 15) is 18.0 Å². The molecule has 0 spiro atoms. The van der Waals surface area contributed by atoms with Gasteiger partial charge in [0.15, 0.2) is 0 Å². The first-order chi connectivity index (χ1) is 9.38. The van der Waals surface area contributed by atoms with Gasteiger partial charge in [-0.05, 0) is 54.0 Å². The SMILES string of the molecule is O=C(N[C@H]1CCC[C@@H](C(F)(F)F)C1)c1ccccc1I. The molecule has 1 saturated carbocycles. The lowest BCUT2D eigenvalue weighted by Gasteiger charge is -2.31. The van der Waals surface area contributed by atoms with E-state index in [2.05, 4.69) is 5.32 Å². The Labute approximate surface area is 129 Å². The molecule has 0 unspecified atom stereocenters. The Morgan fingerprint density at radius 2 is 1.95 bits per heavy atom. The first kappa shape index (κ1) is 15.6. The van der Waals surface area contributed by atoms with E-state index in [0.29, 0.717) is 18.4 Å². The number of hydrogen-bond donors (Lipinski definition) is 1. The van der Waals surface area contributed by atoms with E-state index in [1.807, 2.05) is 28.7 Å². The molecule has 2 rings (SSSR count). The van der Waals surface area contributed by atoms with E-state index < -0.39 is 12.1 Å². The third kappa shape index (κ3) is 3.86. The third-order valence-electron chi connectivity index (χ3n) is 3.59. The van der Waals surface area contributed by atoms with Gasteiger partial charge in [0.05, 0.1) is 11.5 Å². The van der Waals surface area contributed by atoms with Crippen LogP contribution < -0.4 is 5.32 Å². The minimum absolute atomic E-state index is 0.0152. The zero-order valence-electron chi connectivity index (χ0n) is 10.7. The molecule has 0 saturated heterocycles. The topological polar surface area (TPSA) is 29.1 Å². The number of nitrogens with one attached hydrogen (secondary N) is 1. The molecule has 2 atom stereocenters. The van der Waals surface area contributed by atoms with Crippen LogP contribution in [0.1, 0.15) is 36.0 Å². The second-order valence-electron chi connectivity index (χ2n) is 5.06. The summed E-state index contributed by atoms with van der Waals surface area (Å²) in [7, 11) is 0. The first-order valence-corrected chi connectivity index (χ1v) is 7.58. The predicted molar refractivity (Wildman–Crippen MR) is 78.4 cm³/mol. The minimum Gasteiger partial charge on any atom is -0.349 e. The third-order valence-corrected chi connectivity index (χ3v) is 4.53. The molecule has 0 aliphatic heterocycles. The zero-order valence-corrected chi connectivity index (χ0v) is 12.9. The number of alkyl halides is 3. The van der Waals surface area contributed by atoms with Crippen molar-refractivity contribution in [2.75, 3.05) is 0 Å². The summed E-state index contributed by atoms with van der Waals surface area (Å²) in [4.78, 5) is 12.1. The Morgan fingerprint density at radius 1 is 1.25 bits per heavy atom. The van der Waals surface area contributed by atoms with Crippen LogP contribution in [0.15, 0.2) is 24.3 Å². The molecule has 6 heteroatoms. The van der Waals surface area contributed by atoms with Gasteiger partial charge in [-0.1, -0.05) is 18.6 Å². The van der Waals surface area contributed by atoms with Crippen molar-refractivity contribution in [2.24, 2.45) is 5.92 Å². The van der Waals surface area contributed by atoms with Crippen LogP contribution in [-0.4, -0.2) is 18.1 Å². The highest BCUT2D eigenvalue weighted by molar-refractivity contribution is 14.1. The normalized spacial score (nSPS) is 23.4. The molecule has 1 aliphatic rings. The molecule has 20 heavy (non-hydrogen) atoms. The summed E-state index contributed by atoms with van der Waals surface area (Å²) < 4.78 is 39.0. The van der Waals surface area contributed by atoms with Crippen molar-refractivity contribution in [1.29, 1.82) is 0 Å². The molecular formula is C14H15F3INO. The van der Waals surface area contributed by atoms with E-state index >= 15 is 0 Å². The van der Waals surface area contributed by atoms with Gasteiger partial charge in [0.25, 0.3) is 5.91 Å². The average Bonchev–Trinajstić information content (AvgIpc) is 2.38. The number of hydrogen-bond acceptors (Lipinski definition) is 1. The fourth-order valence-electron chi connectivity index (χ4n) is 2.53. The van der Waals surface area contributed by atoms with Gasteiger partial charge in [0.2, 0.25) is 0 Å². The Kier molecular flexibility index (Phi) is 4.93. The summed E-state index contributed by atoms with van der Waals surface area (Å²) in [6, 6.07) is 6.66. The van der Waals surface area contributed by atoms with Crippen LogP contribution in [0.25, 0.3) is 0 Å². The summed E-state index contributed by atoms with van der Waals surface area (Å²) in [6.45, 7) is 0. The van der Waals surface area contributed by atoms with E-state index in [1.165, 1.54) is 0 Å². The van der Waals surface area contributed by atoms with Gasteiger partial charge in [-0.2, -0.15) is 13.2 Å². The molecule has 0 radical (unpaired) electrons. The van der Waals surface area contributed by atoms with E-state index in [-0.39, 0.29) is 24.8 Å². The number of carbonyl (C=O) groups is 1. The second kappa shape index (κ2) is 6.32. The molecule has 1 aliphatic carbocycles. The predicted octanol–water partition coefficient (Wildman–Crippen LogP) is 4.14. The summed E-state index contributed by atoms with van der Waals surface area (Å²) in [5.41, 5.74) is 0.516. The fourth-order valence-corrected chi connectivity index (χ4v) is 3.16. The molecule has 0 aromatic heterocycles. The van der Waals surface area contributed by atoms with Crippen molar-refractivity contribution >= 4 is 28.5 Å². The lowest BCUT2D eigenvalue weighted by Crippen LogP contribution is -2.41. The summed E-state index contributed by atoms with van der Waals surface area (Å²) in [5, 5.41) is 2.73. The quantitative estimate of drug-likeness (QED) is 0.747. The van der Waals surface area contributed by atoms with Crippen molar-refractivity contribution in [1.82, 2.24) is 5.32 Å². The lowest BCUT2D eigenvalue weighted by molar-refractivity contribution is -0.183. The van der Waals surface area contributed by atoms with Gasteiger partial charge in [0, 0.05) is 9.61 Å². The fraction of sp³-hybridized carbons (Fsp3) is 0.500. The molecule has 1 aromatic rings. The molecular weight excluding hydrogens is 382 g/mol. The highest BCUT2D eigenvalue weighted by Gasteiger charge is 2.42. The smallest absolute Gasteiger partial charge is 0.349 e. The molecule has 1 fully saturated rings. The molecule has 110 valence electrons. The summed E-state index contributed by atoms with van der Waals surface area (Å²) in [5.74, 6) is -1.58. The van der Waals surface area contributed by atoms with E-state index in [4.69, 9.17) is 0 Å². The van der Waals surface area contributed by atoms with Gasteiger partial charge in [-0.25, -0.2) is 0 Å². The number of halogens is 4. The van der Waals surface area contributed by atoms with Gasteiger partial charge in [-0.3, -0.25) is 4.79 Å². The molecule has 0 bridgehead atoms. The number of amides is 1. The monoisotopic (exact) mass is 397 g/mol. The number of rotatable bonds is 2. The van der Waals surface area contributed by atoms with Crippen LogP contribution in [0.2, 0.25) is 0 Å².